The van der Waals surface area contributed by atoms with Crippen LogP contribution in [-0.4, -0.2) is 31.1 Å². The van der Waals surface area contributed by atoms with Crippen LogP contribution in [0.2, 0.25) is 0 Å². The van der Waals surface area contributed by atoms with Crippen molar-refractivity contribution in [1.82, 2.24) is 15.6 Å². The van der Waals surface area contributed by atoms with E-state index >= 15 is 0 Å². The van der Waals surface area contributed by atoms with Gasteiger partial charge < -0.3 is 15.4 Å². The third-order valence-electron chi connectivity index (χ3n) is 3.50. The summed E-state index contributed by atoms with van der Waals surface area (Å²) in [5, 5.41) is 6.63. The number of halogens is 1. The van der Waals surface area contributed by atoms with E-state index in [0.29, 0.717) is 12.5 Å². The second kappa shape index (κ2) is 11.5. The van der Waals surface area contributed by atoms with E-state index < -0.39 is 0 Å². The lowest BCUT2D eigenvalue weighted by atomic mass is 10.1. The van der Waals surface area contributed by atoms with Gasteiger partial charge >= 0.3 is 0 Å². The molecule has 2 N–H and O–H groups in total. The van der Waals surface area contributed by atoms with Gasteiger partial charge in [0.2, 0.25) is 0 Å². The summed E-state index contributed by atoms with van der Waals surface area (Å²) in [4.78, 5) is 9.11. The molecule has 132 valence electrons. The predicted octanol–water partition coefficient (Wildman–Crippen LogP) is 3.43. The summed E-state index contributed by atoms with van der Waals surface area (Å²) in [6.07, 6.45) is 2.97. The molecule has 0 aliphatic rings. The Hall–Kier alpha value is -1.05. The van der Waals surface area contributed by atoms with E-state index in [9.17, 15) is 0 Å². The van der Waals surface area contributed by atoms with Gasteiger partial charge in [0.15, 0.2) is 5.96 Å². The van der Waals surface area contributed by atoms with Gasteiger partial charge in [0.05, 0.1) is 19.3 Å². The Balaban J connectivity index is 0.00000484. The number of methoxy groups -OCH3 is 1. The highest BCUT2D eigenvalue weighted by Crippen LogP contribution is 2.24. The van der Waals surface area contributed by atoms with Crippen molar-refractivity contribution in [1.29, 1.82) is 0 Å². The average Bonchev–Trinajstić information content (AvgIpc) is 2.46. The fourth-order valence-corrected chi connectivity index (χ4v) is 2.21. The van der Waals surface area contributed by atoms with Crippen molar-refractivity contribution in [2.24, 2.45) is 10.9 Å². The van der Waals surface area contributed by atoms with E-state index in [0.717, 1.165) is 48.0 Å². The first-order valence-electron chi connectivity index (χ1n) is 8.00. The molecule has 0 aromatic carbocycles. The Kier molecular flexibility index (Phi) is 11.0. The van der Waals surface area contributed by atoms with Gasteiger partial charge in [0.25, 0.3) is 0 Å². The quantitative estimate of drug-likeness (QED) is 0.392. The van der Waals surface area contributed by atoms with Gasteiger partial charge in [-0.05, 0) is 33.1 Å². The minimum atomic E-state index is 0. The van der Waals surface area contributed by atoms with Crippen molar-refractivity contribution in [2.45, 2.75) is 47.6 Å². The number of rotatable bonds is 7. The Morgan fingerprint density at radius 1 is 1.30 bits per heavy atom. The summed E-state index contributed by atoms with van der Waals surface area (Å²) >= 11 is 0. The van der Waals surface area contributed by atoms with Crippen molar-refractivity contribution in [3.63, 3.8) is 0 Å². The van der Waals surface area contributed by atoms with Crippen molar-refractivity contribution in [3.8, 4) is 5.75 Å². The highest BCUT2D eigenvalue weighted by Gasteiger charge is 2.09. The highest BCUT2D eigenvalue weighted by atomic mass is 127. The lowest BCUT2D eigenvalue weighted by molar-refractivity contribution is 0.407. The molecule has 0 saturated carbocycles. The first kappa shape index (κ1) is 21.9. The molecular weight excluding hydrogens is 403 g/mol. The lowest BCUT2D eigenvalue weighted by Gasteiger charge is -2.14. The van der Waals surface area contributed by atoms with Crippen molar-refractivity contribution >= 4 is 29.9 Å². The number of nitrogens with zero attached hydrogens (tertiary/aromatic N) is 2. The van der Waals surface area contributed by atoms with Gasteiger partial charge in [0.1, 0.15) is 5.75 Å². The largest absolute Gasteiger partial charge is 0.496 e. The SMILES string of the molecule is CCNC(=NCc1ncc(C)c(OC)c1C)NCCC(C)C.I. The van der Waals surface area contributed by atoms with E-state index in [1.165, 1.54) is 0 Å². The molecule has 0 bridgehead atoms. The van der Waals surface area contributed by atoms with Gasteiger partial charge in [-0.25, -0.2) is 4.99 Å². The molecule has 0 aliphatic heterocycles. The molecule has 1 heterocycles. The first-order valence-corrected chi connectivity index (χ1v) is 8.00. The Bertz CT molecular complexity index is 504. The molecule has 0 aliphatic carbocycles. The minimum absolute atomic E-state index is 0. The summed E-state index contributed by atoms with van der Waals surface area (Å²) in [7, 11) is 1.69. The van der Waals surface area contributed by atoms with E-state index in [2.05, 4.69) is 41.4 Å². The summed E-state index contributed by atoms with van der Waals surface area (Å²) in [5.74, 6) is 2.42. The lowest BCUT2D eigenvalue weighted by Crippen LogP contribution is -2.38. The van der Waals surface area contributed by atoms with Crippen LogP contribution in [0.4, 0.5) is 0 Å². The van der Waals surface area contributed by atoms with Gasteiger partial charge in [0, 0.05) is 30.4 Å². The molecule has 1 aromatic rings. The summed E-state index contributed by atoms with van der Waals surface area (Å²) in [6.45, 7) is 12.9. The van der Waals surface area contributed by atoms with E-state index in [1.54, 1.807) is 7.11 Å². The Morgan fingerprint density at radius 3 is 2.57 bits per heavy atom. The van der Waals surface area contributed by atoms with Crippen LogP contribution in [0.3, 0.4) is 0 Å². The summed E-state index contributed by atoms with van der Waals surface area (Å²) < 4.78 is 5.44. The van der Waals surface area contributed by atoms with Gasteiger partial charge in [-0.15, -0.1) is 24.0 Å². The second-order valence-corrected chi connectivity index (χ2v) is 5.85. The van der Waals surface area contributed by atoms with E-state index in [1.807, 2.05) is 20.0 Å². The number of hydrogen-bond acceptors (Lipinski definition) is 3. The molecule has 6 heteroatoms. The molecule has 0 radical (unpaired) electrons. The third kappa shape index (κ3) is 7.37. The first-order chi connectivity index (χ1) is 10.5. The fraction of sp³-hybridized carbons (Fsp3) is 0.647. The second-order valence-electron chi connectivity index (χ2n) is 5.85. The van der Waals surface area contributed by atoms with Crippen LogP contribution in [0.15, 0.2) is 11.2 Å². The number of aromatic nitrogens is 1. The van der Waals surface area contributed by atoms with Crippen LogP contribution >= 0.6 is 24.0 Å². The normalized spacial score (nSPS) is 11.2. The molecule has 23 heavy (non-hydrogen) atoms. The van der Waals surface area contributed by atoms with Gasteiger partial charge in [-0.1, -0.05) is 13.8 Å². The molecule has 0 saturated heterocycles. The average molecular weight is 434 g/mol. The van der Waals surface area contributed by atoms with Crippen LogP contribution in [0.25, 0.3) is 0 Å². The van der Waals surface area contributed by atoms with Crippen LogP contribution in [0.1, 0.15) is 44.0 Å². The highest BCUT2D eigenvalue weighted by molar-refractivity contribution is 14.0. The van der Waals surface area contributed by atoms with Crippen LogP contribution in [0.5, 0.6) is 5.75 Å². The third-order valence-corrected chi connectivity index (χ3v) is 3.50. The number of hydrogen-bond donors (Lipinski definition) is 2. The predicted molar refractivity (Wildman–Crippen MR) is 108 cm³/mol. The molecule has 1 rings (SSSR count). The molecule has 5 nitrogen and oxygen atoms in total. The molecule has 0 amide bonds. The molecular formula is C17H31IN4O. The maximum Gasteiger partial charge on any atom is 0.191 e. The van der Waals surface area contributed by atoms with Crippen molar-refractivity contribution in [3.05, 3.63) is 23.0 Å². The molecule has 0 spiro atoms. The number of aryl methyl sites for hydroxylation is 1. The van der Waals surface area contributed by atoms with Crippen molar-refractivity contribution in [2.75, 3.05) is 20.2 Å². The zero-order chi connectivity index (χ0) is 16.5. The number of pyridine rings is 1. The van der Waals surface area contributed by atoms with Crippen molar-refractivity contribution < 1.29 is 4.74 Å². The number of ether oxygens (including phenoxy) is 1. The standard InChI is InChI=1S/C17H30N4O.HI/c1-7-18-17(19-9-8-12(2)3)21-11-15-14(5)16(22-6)13(4)10-20-15;/h10,12H,7-9,11H2,1-6H3,(H2,18,19,21);1H. The molecule has 1 aromatic heterocycles. The number of aliphatic imine (C=N–C) groups is 1. The maximum absolute atomic E-state index is 5.44. The monoisotopic (exact) mass is 434 g/mol. The zero-order valence-corrected chi connectivity index (χ0v) is 17.5. The number of nitrogens with one attached hydrogen (secondary N) is 2. The topological polar surface area (TPSA) is 58.5 Å². The minimum Gasteiger partial charge on any atom is -0.496 e. The molecule has 0 unspecified atom stereocenters. The fourth-order valence-electron chi connectivity index (χ4n) is 2.21. The van der Waals surface area contributed by atoms with Gasteiger partial charge in [-0.3, -0.25) is 4.98 Å². The Labute approximate surface area is 157 Å². The molecule has 0 fully saturated rings. The molecule has 0 atom stereocenters. The van der Waals surface area contributed by atoms with Crippen LogP contribution in [-0.2, 0) is 6.54 Å². The van der Waals surface area contributed by atoms with Crippen LogP contribution < -0.4 is 15.4 Å². The summed E-state index contributed by atoms with van der Waals surface area (Å²) in [5.41, 5.74) is 3.06. The number of guanidine groups is 1. The van der Waals surface area contributed by atoms with E-state index in [-0.39, 0.29) is 24.0 Å². The summed E-state index contributed by atoms with van der Waals surface area (Å²) in [6, 6.07) is 0. The zero-order valence-electron chi connectivity index (χ0n) is 15.2. The van der Waals surface area contributed by atoms with Crippen LogP contribution in [0, 0.1) is 19.8 Å². The maximum atomic E-state index is 5.44. The Morgan fingerprint density at radius 2 is 2.00 bits per heavy atom. The smallest absolute Gasteiger partial charge is 0.191 e. The van der Waals surface area contributed by atoms with Gasteiger partial charge in [-0.2, -0.15) is 0 Å². The van der Waals surface area contributed by atoms with E-state index in [4.69, 9.17) is 4.74 Å².